The molecule has 2 aliphatic rings. The van der Waals surface area contributed by atoms with E-state index in [9.17, 15) is 0 Å². The largest absolute Gasteiger partial charge is 0.474 e. The Morgan fingerprint density at radius 1 is 1.28 bits per heavy atom. The molecular weight excluding hydrogens is 332 g/mol. The molecule has 2 aromatic heterocycles. The molecule has 5 nitrogen and oxygen atoms in total. The molecule has 0 bridgehead atoms. The fraction of sp³-hybridized carbons (Fsp3) is 0.632. The van der Waals surface area contributed by atoms with Crippen molar-refractivity contribution in [2.45, 2.75) is 69.4 Å². The molecule has 132 valence electrons. The van der Waals surface area contributed by atoms with Gasteiger partial charge in [0, 0.05) is 17.3 Å². The van der Waals surface area contributed by atoms with Crippen LogP contribution in [0.4, 0.5) is 0 Å². The number of aryl methyl sites for hydroxylation is 1. The van der Waals surface area contributed by atoms with Crippen molar-refractivity contribution in [3.8, 4) is 11.9 Å². The van der Waals surface area contributed by atoms with Gasteiger partial charge in [0.15, 0.2) is 0 Å². The molecule has 0 aliphatic heterocycles. The summed E-state index contributed by atoms with van der Waals surface area (Å²) >= 11 is 1.78. The molecule has 1 fully saturated rings. The Kier molecular flexibility index (Phi) is 4.87. The van der Waals surface area contributed by atoms with Crippen molar-refractivity contribution in [1.29, 1.82) is 5.26 Å². The molecule has 0 spiro atoms. The Morgan fingerprint density at radius 2 is 2.12 bits per heavy atom. The summed E-state index contributed by atoms with van der Waals surface area (Å²) in [7, 11) is 2.04. The van der Waals surface area contributed by atoms with Crippen molar-refractivity contribution in [3.63, 3.8) is 0 Å². The van der Waals surface area contributed by atoms with Crippen LogP contribution in [0.3, 0.4) is 0 Å². The maximum absolute atomic E-state index is 8.95. The molecule has 0 radical (unpaired) electrons. The fourth-order valence-corrected chi connectivity index (χ4v) is 5.52. The SMILES string of the molecule is CN[C@H]1CC[C@H](Oc2ncnc3sc4c(c23)[C@@H](CCC#N)CC4)CC1. The average molecular weight is 356 g/mol. The molecule has 0 unspecified atom stereocenters. The number of rotatable bonds is 5. The van der Waals surface area contributed by atoms with E-state index in [1.807, 2.05) is 7.05 Å². The number of ether oxygens (including phenoxy) is 1. The number of hydrogen-bond acceptors (Lipinski definition) is 6. The molecule has 6 heteroatoms. The quantitative estimate of drug-likeness (QED) is 0.879. The predicted octanol–water partition coefficient (Wildman–Crippen LogP) is 3.93. The van der Waals surface area contributed by atoms with Crippen LogP contribution in [-0.4, -0.2) is 29.2 Å². The van der Waals surface area contributed by atoms with Gasteiger partial charge in [0.25, 0.3) is 0 Å². The summed E-state index contributed by atoms with van der Waals surface area (Å²) in [5.41, 5.74) is 1.37. The molecule has 25 heavy (non-hydrogen) atoms. The van der Waals surface area contributed by atoms with E-state index < -0.39 is 0 Å². The van der Waals surface area contributed by atoms with E-state index in [4.69, 9.17) is 10.00 Å². The summed E-state index contributed by atoms with van der Waals surface area (Å²) in [6.45, 7) is 0. The topological polar surface area (TPSA) is 70.8 Å². The number of nitrogens with one attached hydrogen (secondary N) is 1. The van der Waals surface area contributed by atoms with Crippen LogP contribution >= 0.6 is 11.3 Å². The molecule has 0 saturated heterocycles. The first-order valence-electron chi connectivity index (χ1n) is 9.27. The van der Waals surface area contributed by atoms with Crippen molar-refractivity contribution >= 4 is 21.6 Å². The third kappa shape index (κ3) is 3.23. The van der Waals surface area contributed by atoms with Gasteiger partial charge in [-0.25, -0.2) is 9.97 Å². The van der Waals surface area contributed by atoms with Gasteiger partial charge in [-0.2, -0.15) is 5.26 Å². The van der Waals surface area contributed by atoms with Crippen LogP contribution in [0.15, 0.2) is 6.33 Å². The number of nitriles is 1. The molecule has 1 atom stereocenters. The van der Waals surface area contributed by atoms with Crippen molar-refractivity contribution in [2.24, 2.45) is 0 Å². The van der Waals surface area contributed by atoms with Crippen molar-refractivity contribution < 1.29 is 4.74 Å². The lowest BCUT2D eigenvalue weighted by Gasteiger charge is -2.28. The summed E-state index contributed by atoms with van der Waals surface area (Å²) in [6, 6.07) is 2.91. The van der Waals surface area contributed by atoms with Gasteiger partial charge < -0.3 is 10.1 Å². The number of fused-ring (bicyclic) bond motifs is 3. The minimum atomic E-state index is 0.247. The standard InChI is InChI=1S/C19H24N4OS/c1-21-13-5-7-14(8-6-13)24-18-17-16-12(3-2-10-20)4-9-15(16)25-19(17)23-11-22-18/h11-14,21H,2-9H2,1H3/t12-,13-,14-/m0/s1. The van der Waals surface area contributed by atoms with E-state index in [2.05, 4.69) is 21.4 Å². The van der Waals surface area contributed by atoms with Gasteiger partial charge in [-0.1, -0.05) is 0 Å². The predicted molar refractivity (Wildman–Crippen MR) is 99.1 cm³/mol. The molecule has 2 heterocycles. The van der Waals surface area contributed by atoms with Gasteiger partial charge in [0.1, 0.15) is 17.3 Å². The van der Waals surface area contributed by atoms with E-state index in [0.29, 0.717) is 18.4 Å². The Hall–Kier alpha value is -1.71. The second-order valence-electron chi connectivity index (χ2n) is 7.11. The number of aromatic nitrogens is 2. The monoisotopic (exact) mass is 356 g/mol. The van der Waals surface area contributed by atoms with Crippen LogP contribution in [0.25, 0.3) is 10.2 Å². The van der Waals surface area contributed by atoms with E-state index >= 15 is 0 Å². The zero-order chi connectivity index (χ0) is 17.2. The smallest absolute Gasteiger partial charge is 0.225 e. The number of hydrogen-bond donors (Lipinski definition) is 1. The molecule has 1 N–H and O–H groups in total. The van der Waals surface area contributed by atoms with Gasteiger partial charge in [-0.15, -0.1) is 11.3 Å². The lowest BCUT2D eigenvalue weighted by Crippen LogP contribution is -2.34. The summed E-state index contributed by atoms with van der Waals surface area (Å²) in [5, 5.41) is 13.4. The third-order valence-corrected chi connectivity index (χ3v) is 6.83. The highest BCUT2D eigenvalue weighted by atomic mass is 32.1. The van der Waals surface area contributed by atoms with Crippen LogP contribution < -0.4 is 10.1 Å². The van der Waals surface area contributed by atoms with Gasteiger partial charge in [0.05, 0.1) is 11.5 Å². The van der Waals surface area contributed by atoms with Gasteiger partial charge >= 0.3 is 0 Å². The zero-order valence-corrected chi connectivity index (χ0v) is 15.4. The lowest BCUT2D eigenvalue weighted by atomic mass is 9.93. The van der Waals surface area contributed by atoms with E-state index in [0.717, 1.165) is 61.0 Å². The molecular formula is C19H24N4OS. The first-order chi connectivity index (χ1) is 12.3. The first-order valence-corrected chi connectivity index (χ1v) is 10.1. The maximum Gasteiger partial charge on any atom is 0.225 e. The number of thiophene rings is 1. The van der Waals surface area contributed by atoms with Crippen LogP contribution in [0.2, 0.25) is 0 Å². The lowest BCUT2D eigenvalue weighted by molar-refractivity contribution is 0.137. The minimum absolute atomic E-state index is 0.247. The second kappa shape index (κ2) is 7.27. The average Bonchev–Trinajstić information content (AvgIpc) is 3.20. The summed E-state index contributed by atoms with van der Waals surface area (Å²) in [5.74, 6) is 1.22. The summed E-state index contributed by atoms with van der Waals surface area (Å²) in [6.07, 6.45) is 10.1. The van der Waals surface area contributed by atoms with Crippen LogP contribution in [-0.2, 0) is 6.42 Å². The molecule has 4 rings (SSSR count). The second-order valence-corrected chi connectivity index (χ2v) is 8.19. The molecule has 0 aromatic carbocycles. The highest BCUT2D eigenvalue weighted by molar-refractivity contribution is 7.19. The third-order valence-electron chi connectivity index (χ3n) is 5.66. The van der Waals surface area contributed by atoms with Gasteiger partial charge in [-0.3, -0.25) is 0 Å². The summed E-state index contributed by atoms with van der Waals surface area (Å²) < 4.78 is 6.36. The summed E-state index contributed by atoms with van der Waals surface area (Å²) in [4.78, 5) is 11.4. The number of nitrogens with zero attached hydrogens (tertiary/aromatic N) is 3. The van der Waals surface area contributed by atoms with E-state index in [-0.39, 0.29) is 6.10 Å². The normalized spacial score (nSPS) is 25.7. The zero-order valence-electron chi connectivity index (χ0n) is 14.6. The Labute approximate surface area is 152 Å². The van der Waals surface area contributed by atoms with Crippen molar-refractivity contribution in [3.05, 3.63) is 16.8 Å². The van der Waals surface area contributed by atoms with Gasteiger partial charge in [-0.05, 0) is 63.5 Å². The van der Waals surface area contributed by atoms with Crippen LogP contribution in [0.5, 0.6) is 5.88 Å². The molecule has 1 saturated carbocycles. The highest BCUT2D eigenvalue weighted by Crippen LogP contribution is 2.47. The van der Waals surface area contributed by atoms with E-state index in [1.165, 1.54) is 10.4 Å². The fourth-order valence-electron chi connectivity index (χ4n) is 4.28. The van der Waals surface area contributed by atoms with E-state index in [1.54, 1.807) is 17.7 Å². The Bertz CT molecular complexity index is 789. The van der Waals surface area contributed by atoms with Crippen molar-refractivity contribution in [1.82, 2.24) is 15.3 Å². The molecule has 2 aromatic rings. The molecule has 0 amide bonds. The Balaban J connectivity index is 1.61. The minimum Gasteiger partial charge on any atom is -0.474 e. The van der Waals surface area contributed by atoms with Crippen molar-refractivity contribution in [2.75, 3.05) is 7.05 Å². The van der Waals surface area contributed by atoms with Crippen LogP contribution in [0.1, 0.15) is 61.3 Å². The van der Waals surface area contributed by atoms with Gasteiger partial charge in [0.2, 0.25) is 5.88 Å². The maximum atomic E-state index is 8.95. The molecule has 2 aliphatic carbocycles. The van der Waals surface area contributed by atoms with Crippen LogP contribution in [0, 0.1) is 11.3 Å². The Morgan fingerprint density at radius 3 is 2.88 bits per heavy atom. The highest BCUT2D eigenvalue weighted by Gasteiger charge is 2.31. The first kappa shape index (κ1) is 16.7.